The molecule has 5 N–H and O–H groups in total. The topological polar surface area (TPSA) is 120 Å². The molecule has 3 heterocycles. The molecule has 7 nitrogen and oxygen atoms in total. The molecule has 0 radical (unpaired) electrons. The fourth-order valence-corrected chi connectivity index (χ4v) is 4.41. The summed E-state index contributed by atoms with van der Waals surface area (Å²) in [6.07, 6.45) is 10.7. The van der Waals surface area contributed by atoms with Gasteiger partial charge in [-0.3, -0.25) is 14.8 Å². The lowest BCUT2D eigenvalue weighted by Gasteiger charge is -2.19. The van der Waals surface area contributed by atoms with Gasteiger partial charge in [0.15, 0.2) is 17.3 Å². The normalized spacial score (nSPS) is 18.5. The second-order valence-electron chi connectivity index (χ2n) is 8.34. The van der Waals surface area contributed by atoms with Crippen LogP contribution in [0, 0.1) is 17.6 Å². The third-order valence-corrected chi connectivity index (χ3v) is 6.21. The van der Waals surface area contributed by atoms with E-state index in [1.807, 2.05) is 6.07 Å². The zero-order valence-corrected chi connectivity index (χ0v) is 18.1. The highest BCUT2D eigenvalue weighted by Crippen LogP contribution is 2.37. The smallest absolute Gasteiger partial charge is 0.276 e. The third kappa shape index (κ3) is 4.98. The first-order chi connectivity index (χ1) is 16.0. The number of anilines is 2. The number of nitrogens with one attached hydrogen (secondary N) is 1. The van der Waals surface area contributed by atoms with Crippen molar-refractivity contribution in [3.8, 4) is 11.3 Å². The van der Waals surface area contributed by atoms with E-state index in [0.717, 1.165) is 49.9 Å². The van der Waals surface area contributed by atoms with Gasteiger partial charge in [-0.25, -0.2) is 13.8 Å². The first-order valence-electron chi connectivity index (χ1n) is 11.0. The van der Waals surface area contributed by atoms with Crippen LogP contribution >= 0.6 is 0 Å². The van der Waals surface area contributed by atoms with Gasteiger partial charge in [0.05, 0.1) is 23.8 Å². The molecule has 0 saturated heterocycles. The molecule has 0 spiro atoms. The van der Waals surface area contributed by atoms with Crippen LogP contribution in [0.4, 0.5) is 20.2 Å². The Labute approximate surface area is 190 Å². The molecule has 1 fully saturated rings. The first kappa shape index (κ1) is 22.7. The summed E-state index contributed by atoms with van der Waals surface area (Å²) in [4.78, 5) is 25.0. The lowest BCUT2D eigenvalue weighted by Crippen LogP contribution is -2.19. The molecule has 172 valence electrons. The molecule has 0 bridgehead atoms. The minimum absolute atomic E-state index is 0.105. The first-order valence-corrected chi connectivity index (χ1v) is 11.0. The molecule has 0 aliphatic heterocycles. The fourth-order valence-electron chi connectivity index (χ4n) is 4.41. The zero-order chi connectivity index (χ0) is 23.4. The number of hydrogen-bond acceptors (Lipinski definition) is 6. The molecule has 1 amide bonds. The average molecular weight is 453 g/mol. The summed E-state index contributed by atoms with van der Waals surface area (Å²) < 4.78 is 28.7. The number of pyridine rings is 3. The maximum atomic E-state index is 14.5. The van der Waals surface area contributed by atoms with Gasteiger partial charge in [0.2, 0.25) is 0 Å². The van der Waals surface area contributed by atoms with Crippen LogP contribution in [0.3, 0.4) is 0 Å². The number of carbonyl (C=O) groups excluding carboxylic acids is 1. The molecule has 3 aromatic heterocycles. The van der Waals surface area contributed by atoms with Gasteiger partial charge >= 0.3 is 0 Å². The SMILES string of the molecule is NCC1CCCC(c2ccncc2NC(=O)c2nc(-c3ccncc3F)c(F)cc2N)CC1. The Kier molecular flexibility index (Phi) is 6.88. The Bertz CT molecular complexity index is 1160. The van der Waals surface area contributed by atoms with Crippen LogP contribution < -0.4 is 16.8 Å². The highest BCUT2D eigenvalue weighted by molar-refractivity contribution is 6.06. The molecule has 2 unspecified atom stereocenters. The van der Waals surface area contributed by atoms with Crippen molar-refractivity contribution < 1.29 is 13.6 Å². The molecule has 3 aromatic rings. The van der Waals surface area contributed by atoms with Gasteiger partial charge in [-0.05, 0) is 61.8 Å². The van der Waals surface area contributed by atoms with Gasteiger partial charge in [0, 0.05) is 24.0 Å². The lowest BCUT2D eigenvalue weighted by molar-refractivity contribution is 0.102. The van der Waals surface area contributed by atoms with E-state index in [1.54, 1.807) is 12.4 Å². The van der Waals surface area contributed by atoms with Crippen molar-refractivity contribution in [1.82, 2.24) is 15.0 Å². The Morgan fingerprint density at radius 2 is 1.85 bits per heavy atom. The zero-order valence-electron chi connectivity index (χ0n) is 18.1. The Hall–Kier alpha value is -3.46. The molecular formula is C24H26F2N6O. The van der Waals surface area contributed by atoms with Crippen molar-refractivity contribution in [1.29, 1.82) is 0 Å². The molecule has 4 rings (SSSR count). The van der Waals surface area contributed by atoms with Crippen LogP contribution in [0.2, 0.25) is 0 Å². The van der Waals surface area contributed by atoms with Crippen LogP contribution in [0.15, 0.2) is 43.0 Å². The Morgan fingerprint density at radius 3 is 2.64 bits per heavy atom. The predicted molar refractivity (Wildman–Crippen MR) is 122 cm³/mol. The van der Waals surface area contributed by atoms with Crippen molar-refractivity contribution >= 4 is 17.3 Å². The number of nitrogens with zero attached hydrogens (tertiary/aromatic N) is 3. The number of halogens is 2. The molecule has 1 saturated carbocycles. The predicted octanol–water partition coefficient (Wildman–Crippen LogP) is 4.27. The van der Waals surface area contributed by atoms with Crippen LogP contribution in [0.1, 0.15) is 54.1 Å². The number of rotatable bonds is 5. The van der Waals surface area contributed by atoms with Gasteiger partial charge < -0.3 is 16.8 Å². The van der Waals surface area contributed by atoms with Gasteiger partial charge in [0.1, 0.15) is 5.69 Å². The molecular weight excluding hydrogens is 426 g/mol. The number of hydrogen-bond donors (Lipinski definition) is 3. The maximum absolute atomic E-state index is 14.5. The van der Waals surface area contributed by atoms with E-state index in [-0.39, 0.29) is 28.6 Å². The number of aromatic nitrogens is 3. The van der Waals surface area contributed by atoms with E-state index < -0.39 is 17.5 Å². The van der Waals surface area contributed by atoms with Crippen molar-refractivity contribution in [2.24, 2.45) is 11.7 Å². The molecule has 33 heavy (non-hydrogen) atoms. The van der Waals surface area contributed by atoms with Crippen molar-refractivity contribution in [3.63, 3.8) is 0 Å². The van der Waals surface area contributed by atoms with Crippen molar-refractivity contribution in [2.45, 2.75) is 38.0 Å². The fraction of sp³-hybridized carbons (Fsp3) is 0.333. The quantitative estimate of drug-likeness (QED) is 0.497. The van der Waals surface area contributed by atoms with Crippen molar-refractivity contribution in [2.75, 3.05) is 17.6 Å². The molecule has 1 aliphatic rings. The van der Waals surface area contributed by atoms with Crippen LogP contribution in [-0.2, 0) is 0 Å². The summed E-state index contributed by atoms with van der Waals surface area (Å²) in [6.45, 7) is 0.683. The summed E-state index contributed by atoms with van der Waals surface area (Å²) in [5, 5.41) is 2.83. The van der Waals surface area contributed by atoms with Gasteiger partial charge in [0.25, 0.3) is 5.91 Å². The standard InChI is InChI=1S/C24H26F2N6O/c25-18-10-20(28)23(32-22(18)17-7-9-29-12-19(17)26)24(33)31-21-13-30-8-6-16(21)15-3-1-2-14(11-27)4-5-15/h6-10,12-15H,1-5,11,27-28H2,(H,31,33). The summed E-state index contributed by atoms with van der Waals surface area (Å²) in [5.41, 5.74) is 12.6. The second kappa shape index (κ2) is 9.99. The lowest BCUT2D eigenvalue weighted by atomic mass is 9.90. The largest absolute Gasteiger partial charge is 0.397 e. The summed E-state index contributed by atoms with van der Waals surface area (Å²) in [7, 11) is 0. The number of carbonyl (C=O) groups is 1. The second-order valence-corrected chi connectivity index (χ2v) is 8.34. The third-order valence-electron chi connectivity index (χ3n) is 6.21. The monoisotopic (exact) mass is 452 g/mol. The summed E-state index contributed by atoms with van der Waals surface area (Å²) >= 11 is 0. The Balaban J connectivity index is 1.62. The molecule has 9 heteroatoms. The van der Waals surface area contributed by atoms with Gasteiger partial charge in [-0.2, -0.15) is 0 Å². The number of amides is 1. The molecule has 2 atom stereocenters. The van der Waals surface area contributed by atoms with Crippen LogP contribution in [-0.4, -0.2) is 27.4 Å². The summed E-state index contributed by atoms with van der Waals surface area (Å²) in [5.74, 6) is -1.42. The average Bonchev–Trinajstić information content (AvgIpc) is 3.06. The van der Waals surface area contributed by atoms with E-state index in [1.165, 1.54) is 12.3 Å². The summed E-state index contributed by atoms with van der Waals surface area (Å²) in [6, 6.07) is 4.17. The van der Waals surface area contributed by atoms with E-state index in [4.69, 9.17) is 11.5 Å². The molecule has 1 aliphatic carbocycles. The van der Waals surface area contributed by atoms with E-state index in [9.17, 15) is 13.6 Å². The van der Waals surface area contributed by atoms with E-state index in [0.29, 0.717) is 18.2 Å². The highest BCUT2D eigenvalue weighted by Gasteiger charge is 2.24. The van der Waals surface area contributed by atoms with E-state index >= 15 is 0 Å². The maximum Gasteiger partial charge on any atom is 0.276 e. The number of nitrogen functional groups attached to an aromatic ring is 1. The van der Waals surface area contributed by atoms with Gasteiger partial charge in [-0.15, -0.1) is 0 Å². The van der Waals surface area contributed by atoms with Gasteiger partial charge in [-0.1, -0.05) is 6.42 Å². The highest BCUT2D eigenvalue weighted by atomic mass is 19.1. The molecule has 0 aromatic carbocycles. The minimum Gasteiger partial charge on any atom is -0.397 e. The minimum atomic E-state index is -0.830. The van der Waals surface area contributed by atoms with Crippen LogP contribution in [0.5, 0.6) is 0 Å². The van der Waals surface area contributed by atoms with Crippen molar-refractivity contribution in [3.05, 3.63) is 65.9 Å². The van der Waals surface area contributed by atoms with Crippen LogP contribution in [0.25, 0.3) is 11.3 Å². The Morgan fingerprint density at radius 1 is 1.06 bits per heavy atom. The van der Waals surface area contributed by atoms with E-state index in [2.05, 4.69) is 20.3 Å². The number of nitrogens with two attached hydrogens (primary N) is 2.